The van der Waals surface area contributed by atoms with Crippen LogP contribution in [-0.2, 0) is 20.8 Å². The van der Waals surface area contributed by atoms with Gasteiger partial charge in [0, 0.05) is 62.3 Å². The van der Waals surface area contributed by atoms with Crippen LogP contribution in [0, 0.1) is 18.8 Å². The molecule has 2 aromatic carbocycles. The zero-order valence-electron chi connectivity index (χ0n) is 50.8. The molecule has 0 spiro atoms. The molecule has 1 saturated carbocycles. The minimum absolute atomic E-state index is 0.0239. The molecule has 7 atom stereocenters. The van der Waals surface area contributed by atoms with E-state index in [4.69, 9.17) is 30.4 Å². The van der Waals surface area contributed by atoms with E-state index < -0.39 is 96.0 Å². The molecule has 7 aromatic heterocycles. The van der Waals surface area contributed by atoms with Gasteiger partial charge in [0.15, 0.2) is 5.84 Å². The number of benzene rings is 2. The number of nitrogens with zero attached hydrogens (tertiary/aromatic N) is 9. The minimum Gasteiger partial charge on any atom is -0.486 e. The van der Waals surface area contributed by atoms with E-state index in [-0.39, 0.29) is 58.4 Å². The molecule has 10 heterocycles. The number of hydrazine groups is 2. The number of fused-ring (bicyclic) bond motifs is 16. The van der Waals surface area contributed by atoms with E-state index in [0.717, 1.165) is 34.0 Å². The van der Waals surface area contributed by atoms with Gasteiger partial charge in [0.1, 0.15) is 100 Å². The van der Waals surface area contributed by atoms with Crippen molar-refractivity contribution in [3.63, 3.8) is 0 Å². The summed E-state index contributed by atoms with van der Waals surface area (Å²) in [6, 6.07) is 14.3. The van der Waals surface area contributed by atoms with Crippen molar-refractivity contribution < 1.29 is 53.6 Å². The van der Waals surface area contributed by atoms with E-state index in [1.807, 2.05) is 12.3 Å². The highest BCUT2D eigenvalue weighted by molar-refractivity contribution is 7.15. The molecule has 96 heavy (non-hydrogen) atoms. The average Bonchev–Trinajstić information content (AvgIpc) is 1.63. The molecule has 1 aliphatic carbocycles. The molecule has 494 valence electrons. The first-order chi connectivity index (χ1) is 46.4. The summed E-state index contributed by atoms with van der Waals surface area (Å²) in [6.45, 7) is 3.48. The topological polar surface area (TPSA) is 405 Å². The number of rotatable bonds is 13. The number of nitrogens with one attached hydrogen (secondary N) is 7. The SMILES string of the molecule is Cc1sc2nc1C(=O)N[C@@H]([C@H](O)c1ccccc1)c1nc(cs1)C(=O)N[C@@H](Cc1ccc(OCC3=NNNN3)cc1)C(=O)N1C[C@H](O)[C@H](C)[C@H]1c1nc(cs1)-c1nc(cs1)-c1nc(-c3nc(C(=O)N[C@H]4CC[C@H](C(=O)O)CC4)cs3)ccc1-c1nc(cs1)C(=O)N[C@H]2CC(N)=O. The van der Waals surface area contributed by atoms with E-state index >= 15 is 4.79 Å². The van der Waals surface area contributed by atoms with Crippen molar-refractivity contribution in [3.8, 4) is 49.1 Å². The molecule has 10 bridgehead atoms. The van der Waals surface area contributed by atoms with Crippen LogP contribution in [0.3, 0.4) is 0 Å². The molecule has 1 saturated heterocycles. The predicted octanol–water partition coefficient (Wildman–Crippen LogP) is 6.26. The maximum Gasteiger partial charge on any atom is 0.306 e. The Morgan fingerprint density at radius 1 is 0.708 bits per heavy atom. The predicted molar refractivity (Wildman–Crippen MR) is 357 cm³/mol. The summed E-state index contributed by atoms with van der Waals surface area (Å²) in [6.07, 6.45) is -0.907. The molecule has 9 aromatic rings. The van der Waals surface area contributed by atoms with Crippen LogP contribution >= 0.6 is 68.0 Å². The first-order valence-electron chi connectivity index (χ1n) is 30.2. The number of hydrazone groups is 1. The number of aromatic nitrogens is 7. The summed E-state index contributed by atoms with van der Waals surface area (Å²) in [5.74, 6) is -4.72. The van der Waals surface area contributed by atoms with Crippen LogP contribution in [0.15, 0.2) is 98.7 Å². The first-order valence-corrected chi connectivity index (χ1v) is 35.4. The number of hydrogen-bond acceptors (Lipinski definition) is 27. The fraction of sp³-hybridized carbons (Fsp3) is 0.306. The minimum atomic E-state index is -1.42. The lowest BCUT2D eigenvalue weighted by atomic mass is 9.86. The molecule has 6 amide bonds. The van der Waals surface area contributed by atoms with Gasteiger partial charge in [0.25, 0.3) is 23.6 Å². The molecule has 13 rings (SSSR count). The van der Waals surface area contributed by atoms with Crippen LogP contribution in [0.5, 0.6) is 5.75 Å². The number of amidine groups is 1. The number of carbonyl (C=O) groups excluding carboxylic acids is 6. The Bertz CT molecular complexity index is 4470. The number of nitrogens with two attached hydrogens (primary N) is 1. The fourth-order valence-electron chi connectivity index (χ4n) is 11.6. The van der Waals surface area contributed by atoms with Gasteiger partial charge in [-0.15, -0.1) is 78.7 Å². The normalized spacial score (nSPS) is 21.7. The lowest BCUT2D eigenvalue weighted by Gasteiger charge is -2.29. The van der Waals surface area contributed by atoms with Gasteiger partial charge in [-0.25, -0.2) is 40.4 Å². The largest absolute Gasteiger partial charge is 0.486 e. The molecule has 0 unspecified atom stereocenters. The standard InChI is InChI=1S/C62H59N17O11S6/c1-27-43(80)20-79-49(27)60-72-42(26-95-60)57-68-38(22-92-57)47-34(16-17-35(65-47)56-70-39(24-93-56)51(83)64-32-12-10-31(11-13-32)62(88)89)55-69-40(23-91-55)52(84)66-36(19-44(63)81)58-74-46(28(2)96-58)54(86)73-48(50(82)30-6-4-3-5-7-30)59-71-41(25-94-59)53(85)67-37(61(79)87)18-29-8-14-33(15-9-29)90-21-45-75-77-78-76-45/h3-9,14-17,22-27,31-32,36-37,43,48-50,77-78,80,82H,10-13,18-21H2,1-2H3,(H2,63,81)(H,64,83)(H,66,84)(H,67,85)(H,73,86)(H,75,76)(H,88,89)/t27-,31-,32-,36-,37-,43-,48-,49-,50+/m0/s1. The number of ether oxygens (including phenoxy) is 1. The lowest BCUT2D eigenvalue weighted by Crippen LogP contribution is -2.50. The maximum absolute atomic E-state index is 15.4. The van der Waals surface area contributed by atoms with Crippen molar-refractivity contribution in [1.29, 1.82) is 0 Å². The summed E-state index contributed by atoms with van der Waals surface area (Å²) in [5, 5.41) is 59.2. The van der Waals surface area contributed by atoms with E-state index in [2.05, 4.69) is 57.8 Å². The highest BCUT2D eigenvalue weighted by Gasteiger charge is 2.46. The monoisotopic (exact) mass is 1410 g/mol. The first kappa shape index (κ1) is 65.3. The number of carbonyl (C=O) groups is 7. The number of carboxylic acid groups (broad SMARTS) is 1. The number of carboxylic acids is 1. The Kier molecular flexibility index (Phi) is 19.1. The number of amides is 6. The molecule has 4 aliphatic rings. The molecule has 2 fully saturated rings. The number of aliphatic hydroxyl groups excluding tert-OH is 2. The van der Waals surface area contributed by atoms with Gasteiger partial charge >= 0.3 is 5.97 Å². The van der Waals surface area contributed by atoms with E-state index in [1.165, 1.54) is 49.7 Å². The Hall–Kier alpha value is -9.39. The summed E-state index contributed by atoms with van der Waals surface area (Å²) < 4.78 is 5.91. The number of aryl methyl sites for hydroxylation is 1. The van der Waals surface area contributed by atoms with Crippen LogP contribution in [0.4, 0.5) is 0 Å². The van der Waals surface area contributed by atoms with Gasteiger partial charge in [-0.1, -0.05) is 49.4 Å². The number of pyridine rings is 1. The van der Waals surface area contributed by atoms with Crippen LogP contribution in [-0.4, -0.2) is 134 Å². The molecule has 3 aliphatic heterocycles. The van der Waals surface area contributed by atoms with Crippen LogP contribution in [0.2, 0.25) is 0 Å². The van der Waals surface area contributed by atoms with Crippen molar-refractivity contribution in [3.05, 3.63) is 147 Å². The van der Waals surface area contributed by atoms with Gasteiger partial charge in [-0.05, 0) is 68.0 Å². The van der Waals surface area contributed by atoms with Crippen LogP contribution < -0.4 is 48.2 Å². The number of thiazole rings is 6. The average molecular weight is 1410 g/mol. The second-order valence-electron chi connectivity index (χ2n) is 23.1. The molecule has 34 heteroatoms. The van der Waals surface area contributed by atoms with Crippen molar-refractivity contribution in [2.45, 2.75) is 94.8 Å². The maximum atomic E-state index is 15.4. The number of aliphatic hydroxyl groups is 2. The number of hydrogen-bond donors (Lipinski definition) is 11. The number of primary amides is 1. The Balaban J connectivity index is 0.873. The number of aliphatic carboxylic acids is 1. The van der Waals surface area contributed by atoms with Crippen LogP contribution in [0.25, 0.3) is 43.4 Å². The Morgan fingerprint density at radius 3 is 2.14 bits per heavy atom. The van der Waals surface area contributed by atoms with Crippen molar-refractivity contribution in [2.24, 2.45) is 22.7 Å². The molecule has 12 N–H and O–H groups in total. The Labute approximate surface area is 569 Å². The highest BCUT2D eigenvalue weighted by atomic mass is 32.1. The van der Waals surface area contributed by atoms with E-state index in [1.54, 1.807) is 84.4 Å². The quantitative estimate of drug-likeness (QED) is 0.0606. The third-order valence-corrected chi connectivity index (χ3v) is 22.2. The van der Waals surface area contributed by atoms with Gasteiger partial charge < -0.3 is 52.0 Å². The smallest absolute Gasteiger partial charge is 0.306 e. The van der Waals surface area contributed by atoms with Crippen molar-refractivity contribution >= 4 is 115 Å². The molecular formula is C62H59N17O11S6. The van der Waals surface area contributed by atoms with Gasteiger partial charge in [-0.3, -0.25) is 39.0 Å². The van der Waals surface area contributed by atoms with Crippen molar-refractivity contribution in [2.75, 3.05) is 13.2 Å². The second kappa shape index (κ2) is 28.1. The Morgan fingerprint density at radius 2 is 1.39 bits per heavy atom. The lowest BCUT2D eigenvalue weighted by molar-refractivity contribution is -0.143. The molecule has 28 nitrogen and oxygen atoms in total. The zero-order chi connectivity index (χ0) is 66.9. The molecular weight excluding hydrogens is 1350 g/mol. The summed E-state index contributed by atoms with van der Waals surface area (Å²) in [5.41, 5.74) is 16.8. The van der Waals surface area contributed by atoms with E-state index in [9.17, 15) is 44.1 Å². The molecule has 0 radical (unpaired) electrons. The van der Waals surface area contributed by atoms with Gasteiger partial charge in [0.2, 0.25) is 11.8 Å². The van der Waals surface area contributed by atoms with Crippen LogP contribution in [0.1, 0.15) is 136 Å². The highest BCUT2D eigenvalue weighted by Crippen LogP contribution is 2.43. The fourth-order valence-corrected chi connectivity index (χ4v) is 16.9. The summed E-state index contributed by atoms with van der Waals surface area (Å²) >= 11 is 6.91. The summed E-state index contributed by atoms with van der Waals surface area (Å²) in [7, 11) is 0. The third kappa shape index (κ3) is 14.1. The van der Waals surface area contributed by atoms with E-state index in [0.29, 0.717) is 102 Å². The summed E-state index contributed by atoms with van der Waals surface area (Å²) in [4.78, 5) is 133. The zero-order valence-corrected chi connectivity index (χ0v) is 55.6. The van der Waals surface area contributed by atoms with Crippen molar-refractivity contribution in [1.82, 2.24) is 77.6 Å². The van der Waals surface area contributed by atoms with Gasteiger partial charge in [0.05, 0.1) is 36.2 Å². The van der Waals surface area contributed by atoms with Gasteiger partial charge in [-0.2, -0.15) is 0 Å². The second-order valence-corrected chi connectivity index (χ2v) is 28.7. The third-order valence-electron chi connectivity index (χ3n) is 16.7.